The lowest BCUT2D eigenvalue weighted by Gasteiger charge is -2.15. The van der Waals surface area contributed by atoms with E-state index in [0.717, 1.165) is 22.2 Å². The number of rotatable bonds is 4. The number of nitrogens with zero attached hydrogens (tertiary/aromatic N) is 3. The van der Waals surface area contributed by atoms with Crippen molar-refractivity contribution in [1.29, 1.82) is 0 Å². The number of benzene rings is 3. The summed E-state index contributed by atoms with van der Waals surface area (Å²) in [7, 11) is -0.390. The van der Waals surface area contributed by atoms with Crippen molar-refractivity contribution < 1.29 is 9.31 Å². The van der Waals surface area contributed by atoms with Crippen LogP contribution in [0.3, 0.4) is 0 Å². The predicted molar refractivity (Wildman–Crippen MR) is 123 cm³/mol. The van der Waals surface area contributed by atoms with Crippen molar-refractivity contribution in [3.05, 3.63) is 84.9 Å². The molecule has 0 bridgehead atoms. The first-order chi connectivity index (χ1) is 15.1. The monoisotopic (exact) mass is 407 g/mol. The lowest BCUT2D eigenvalue weighted by molar-refractivity contribution is 0.137. The van der Waals surface area contributed by atoms with Crippen molar-refractivity contribution in [1.82, 2.24) is 15.0 Å². The summed E-state index contributed by atoms with van der Waals surface area (Å²) in [5, 5.41) is 0. The molecule has 3 aromatic carbocycles. The molecule has 1 aromatic heterocycles. The normalized spacial score (nSPS) is 15.2. The Kier molecular flexibility index (Phi) is 5.10. The van der Waals surface area contributed by atoms with E-state index >= 15 is 0 Å². The summed E-state index contributed by atoms with van der Waals surface area (Å²) >= 11 is 0. The molecule has 4 aromatic rings. The Labute approximate surface area is 182 Å². The fourth-order valence-corrected chi connectivity index (χ4v) is 3.56. The Balaban J connectivity index is 1.60. The maximum absolute atomic E-state index is 6.04. The average Bonchev–Trinajstić information content (AvgIpc) is 3.20. The minimum Gasteiger partial charge on any atom is -0.404 e. The van der Waals surface area contributed by atoms with Gasteiger partial charge in [0, 0.05) is 16.7 Å². The van der Waals surface area contributed by atoms with Gasteiger partial charge in [0.05, 0.1) is 12.2 Å². The van der Waals surface area contributed by atoms with Crippen LogP contribution in [0.25, 0.3) is 34.2 Å². The molecule has 0 atom stereocenters. The zero-order valence-electron chi connectivity index (χ0n) is 17.5. The zero-order valence-corrected chi connectivity index (χ0v) is 17.5. The highest BCUT2D eigenvalue weighted by Gasteiger charge is 2.38. The van der Waals surface area contributed by atoms with Crippen LogP contribution in [0, 0.1) is 0 Å². The second-order valence-corrected chi connectivity index (χ2v) is 8.18. The van der Waals surface area contributed by atoms with Gasteiger partial charge in [0.2, 0.25) is 0 Å². The van der Waals surface area contributed by atoms with Crippen molar-refractivity contribution in [2.75, 3.05) is 6.61 Å². The van der Waals surface area contributed by atoms with Crippen molar-refractivity contribution in [2.45, 2.75) is 19.4 Å². The summed E-state index contributed by atoms with van der Waals surface area (Å²) in [4.78, 5) is 14.3. The molecule has 1 fully saturated rings. The summed E-state index contributed by atoms with van der Waals surface area (Å²) in [6.45, 7) is 4.62. The summed E-state index contributed by atoms with van der Waals surface area (Å²) < 4.78 is 11.9. The first-order valence-electron chi connectivity index (χ1n) is 10.3. The molecule has 0 aliphatic carbocycles. The molecular weight excluding hydrogens is 385 g/mol. The van der Waals surface area contributed by atoms with E-state index in [9.17, 15) is 0 Å². The number of hydrogen-bond donors (Lipinski definition) is 0. The lowest BCUT2D eigenvalue weighted by Crippen LogP contribution is -2.34. The van der Waals surface area contributed by atoms with E-state index in [2.05, 4.69) is 0 Å². The number of hydrogen-bond acceptors (Lipinski definition) is 5. The molecule has 1 aliphatic rings. The fraction of sp³-hybridized carbons (Fsp3) is 0.160. The highest BCUT2D eigenvalue weighted by atomic mass is 16.7. The molecule has 0 saturated carbocycles. The van der Waals surface area contributed by atoms with Gasteiger partial charge in [0.15, 0.2) is 17.5 Å². The average molecular weight is 407 g/mol. The van der Waals surface area contributed by atoms with Gasteiger partial charge in [-0.3, -0.25) is 0 Å². The molecule has 5 rings (SSSR count). The van der Waals surface area contributed by atoms with Crippen LogP contribution in [0.1, 0.15) is 13.8 Å². The first kappa shape index (κ1) is 19.6. The molecule has 31 heavy (non-hydrogen) atoms. The van der Waals surface area contributed by atoms with E-state index in [1.165, 1.54) is 0 Å². The van der Waals surface area contributed by atoms with E-state index in [-0.39, 0.29) is 12.7 Å². The lowest BCUT2D eigenvalue weighted by atomic mass is 9.78. The van der Waals surface area contributed by atoms with Crippen LogP contribution in [0.2, 0.25) is 0 Å². The quantitative estimate of drug-likeness (QED) is 0.470. The third-order valence-electron chi connectivity index (χ3n) is 5.12. The topological polar surface area (TPSA) is 57.1 Å². The van der Waals surface area contributed by atoms with Crippen molar-refractivity contribution >= 4 is 12.6 Å². The van der Waals surface area contributed by atoms with Crippen molar-refractivity contribution in [3.63, 3.8) is 0 Å². The van der Waals surface area contributed by atoms with Gasteiger partial charge in [0.25, 0.3) is 0 Å². The molecule has 1 aliphatic heterocycles. The van der Waals surface area contributed by atoms with Gasteiger partial charge in [-0.25, -0.2) is 15.0 Å². The largest absolute Gasteiger partial charge is 0.494 e. The van der Waals surface area contributed by atoms with E-state index in [0.29, 0.717) is 24.1 Å². The summed E-state index contributed by atoms with van der Waals surface area (Å²) in [5.41, 5.74) is 3.44. The number of aromatic nitrogens is 3. The Bertz CT molecular complexity index is 1140. The molecule has 0 radical (unpaired) electrons. The molecule has 0 N–H and O–H groups in total. The third-order valence-corrected chi connectivity index (χ3v) is 5.12. The Morgan fingerprint density at radius 3 is 1.71 bits per heavy atom. The minimum absolute atomic E-state index is 0.297. The zero-order chi connectivity index (χ0) is 21.3. The molecule has 6 heteroatoms. The van der Waals surface area contributed by atoms with Gasteiger partial charge in [-0.05, 0) is 19.3 Å². The van der Waals surface area contributed by atoms with E-state index in [1.807, 2.05) is 98.8 Å². The van der Waals surface area contributed by atoms with Crippen LogP contribution < -0.4 is 5.46 Å². The fourth-order valence-electron chi connectivity index (χ4n) is 3.56. The molecule has 2 heterocycles. The molecule has 0 amide bonds. The van der Waals surface area contributed by atoms with Gasteiger partial charge in [-0.1, -0.05) is 84.9 Å². The predicted octanol–water partition coefficient (Wildman–Crippen LogP) is 4.39. The highest BCUT2D eigenvalue weighted by molar-refractivity contribution is 6.62. The second kappa shape index (κ2) is 8.06. The standard InChI is InChI=1S/C25H22BN3O2/c1-25(2)17-30-26(31-25)21-15-9-14-20(16-21)24-28-22(18-10-5-3-6-11-18)27-23(29-24)19-12-7-4-8-13-19/h3-16H,17H2,1-2H3. The highest BCUT2D eigenvalue weighted by Crippen LogP contribution is 2.25. The Hall–Kier alpha value is -3.35. The first-order valence-corrected chi connectivity index (χ1v) is 10.3. The maximum atomic E-state index is 6.04. The van der Waals surface area contributed by atoms with Gasteiger partial charge < -0.3 is 9.31 Å². The summed E-state index contributed by atoms with van der Waals surface area (Å²) in [6, 6.07) is 28.0. The Morgan fingerprint density at radius 1 is 0.677 bits per heavy atom. The van der Waals surface area contributed by atoms with Gasteiger partial charge >= 0.3 is 7.12 Å². The van der Waals surface area contributed by atoms with Crippen molar-refractivity contribution in [2.24, 2.45) is 0 Å². The smallest absolute Gasteiger partial charge is 0.404 e. The molecule has 0 unspecified atom stereocenters. The molecule has 0 spiro atoms. The van der Waals surface area contributed by atoms with Crippen LogP contribution in [-0.2, 0) is 9.31 Å². The third kappa shape index (κ3) is 4.26. The minimum atomic E-state index is -0.390. The van der Waals surface area contributed by atoms with Crippen LogP contribution in [0.15, 0.2) is 84.9 Å². The van der Waals surface area contributed by atoms with E-state index < -0.39 is 0 Å². The van der Waals surface area contributed by atoms with Crippen LogP contribution in [0.5, 0.6) is 0 Å². The Morgan fingerprint density at radius 2 is 1.19 bits per heavy atom. The SMILES string of the molecule is CC1(C)COB(c2cccc(-c3nc(-c4ccccc4)nc(-c4ccccc4)n3)c2)O1. The molecular formula is C25H22BN3O2. The maximum Gasteiger partial charge on any atom is 0.494 e. The van der Waals surface area contributed by atoms with Crippen LogP contribution in [0.4, 0.5) is 0 Å². The van der Waals surface area contributed by atoms with Crippen molar-refractivity contribution in [3.8, 4) is 34.2 Å². The van der Waals surface area contributed by atoms with Crippen LogP contribution >= 0.6 is 0 Å². The molecule has 1 saturated heterocycles. The van der Waals surface area contributed by atoms with E-state index in [4.69, 9.17) is 24.3 Å². The van der Waals surface area contributed by atoms with Gasteiger partial charge in [-0.15, -0.1) is 0 Å². The van der Waals surface area contributed by atoms with Gasteiger partial charge in [0.1, 0.15) is 0 Å². The van der Waals surface area contributed by atoms with E-state index in [1.54, 1.807) is 0 Å². The summed E-state index contributed by atoms with van der Waals surface area (Å²) in [5.74, 6) is 1.90. The summed E-state index contributed by atoms with van der Waals surface area (Å²) in [6.07, 6.45) is 0. The second-order valence-electron chi connectivity index (χ2n) is 8.18. The molecule has 152 valence electrons. The van der Waals surface area contributed by atoms with Gasteiger partial charge in [-0.2, -0.15) is 0 Å². The molecule has 5 nitrogen and oxygen atoms in total. The van der Waals surface area contributed by atoms with Crippen LogP contribution in [-0.4, -0.2) is 34.3 Å².